The molecule has 1 aromatic carbocycles. The first-order valence-electron chi connectivity index (χ1n) is 8.99. The van der Waals surface area contributed by atoms with Crippen molar-refractivity contribution in [3.05, 3.63) is 72.1 Å². The number of amides is 2. The van der Waals surface area contributed by atoms with Crippen molar-refractivity contribution in [3.8, 4) is 5.75 Å². The average molecular weight is 363 g/mol. The first kappa shape index (κ1) is 17.1. The first-order chi connectivity index (χ1) is 13.3. The molecule has 2 amide bonds. The minimum Gasteiger partial charge on any atom is -0.494 e. The zero-order chi connectivity index (χ0) is 18.6. The zero-order valence-corrected chi connectivity index (χ0v) is 15.1. The summed E-state index contributed by atoms with van der Waals surface area (Å²) in [7, 11) is 0. The van der Waals surface area contributed by atoms with E-state index in [4.69, 9.17) is 4.74 Å². The van der Waals surface area contributed by atoms with Crippen LogP contribution in [0.25, 0.3) is 0 Å². The molecular weight excluding hydrogens is 342 g/mol. The van der Waals surface area contributed by atoms with E-state index < -0.39 is 0 Å². The van der Waals surface area contributed by atoms with Crippen LogP contribution in [0.15, 0.2) is 55.1 Å². The Balaban J connectivity index is 1.58. The molecule has 0 saturated heterocycles. The fraction of sp³-hybridized carbons (Fsp3) is 0.250. The molecule has 138 valence electrons. The summed E-state index contributed by atoms with van der Waals surface area (Å²) in [6, 6.07) is 10.8. The summed E-state index contributed by atoms with van der Waals surface area (Å²) in [5.74, 6) is 0.782. The number of ether oxygens (including phenoxy) is 1. The van der Waals surface area contributed by atoms with E-state index in [0.717, 1.165) is 34.8 Å². The molecule has 0 aliphatic carbocycles. The molecule has 0 bridgehead atoms. The van der Waals surface area contributed by atoms with Crippen molar-refractivity contribution in [1.82, 2.24) is 19.9 Å². The van der Waals surface area contributed by atoms with Crippen molar-refractivity contribution in [1.29, 1.82) is 0 Å². The molecule has 2 aromatic heterocycles. The molecule has 0 radical (unpaired) electrons. The molecule has 1 aliphatic rings. The largest absolute Gasteiger partial charge is 0.494 e. The number of urea groups is 1. The minimum atomic E-state index is -0.245. The maximum Gasteiger partial charge on any atom is 0.322 e. The highest BCUT2D eigenvalue weighted by Gasteiger charge is 2.34. The summed E-state index contributed by atoms with van der Waals surface area (Å²) >= 11 is 0. The molecule has 1 atom stereocenters. The smallest absolute Gasteiger partial charge is 0.322 e. The van der Waals surface area contributed by atoms with Crippen molar-refractivity contribution in [2.45, 2.75) is 19.4 Å². The van der Waals surface area contributed by atoms with Gasteiger partial charge in [-0.2, -0.15) is 0 Å². The Kier molecular flexibility index (Phi) is 4.74. The second-order valence-corrected chi connectivity index (χ2v) is 6.28. The fourth-order valence-electron chi connectivity index (χ4n) is 3.38. The van der Waals surface area contributed by atoms with E-state index in [1.165, 1.54) is 0 Å². The number of aromatic amines is 1. The molecule has 2 N–H and O–H groups in total. The van der Waals surface area contributed by atoms with Gasteiger partial charge in [-0.3, -0.25) is 4.98 Å². The highest BCUT2D eigenvalue weighted by molar-refractivity contribution is 5.90. The van der Waals surface area contributed by atoms with Crippen molar-refractivity contribution in [2.24, 2.45) is 0 Å². The molecule has 3 aromatic rings. The third-order valence-corrected chi connectivity index (χ3v) is 4.62. The lowest BCUT2D eigenvalue weighted by molar-refractivity contribution is 0.192. The normalized spacial score (nSPS) is 15.9. The van der Waals surface area contributed by atoms with Gasteiger partial charge in [-0.25, -0.2) is 9.78 Å². The Bertz CT molecular complexity index is 908. The number of nitrogens with one attached hydrogen (secondary N) is 2. The molecule has 0 saturated carbocycles. The number of carbonyl (C=O) groups is 1. The van der Waals surface area contributed by atoms with E-state index in [1.807, 2.05) is 48.2 Å². The Morgan fingerprint density at radius 1 is 1.26 bits per heavy atom. The number of rotatable bonds is 4. The third kappa shape index (κ3) is 3.48. The molecule has 7 heteroatoms. The number of H-pyrrole nitrogens is 1. The quantitative estimate of drug-likeness (QED) is 0.744. The van der Waals surface area contributed by atoms with Gasteiger partial charge >= 0.3 is 6.03 Å². The lowest BCUT2D eigenvalue weighted by atomic mass is 9.97. The predicted octanol–water partition coefficient (Wildman–Crippen LogP) is 3.38. The van der Waals surface area contributed by atoms with Crippen molar-refractivity contribution >= 4 is 11.7 Å². The molecule has 0 fully saturated rings. The van der Waals surface area contributed by atoms with Gasteiger partial charge in [0.1, 0.15) is 11.8 Å². The molecule has 4 rings (SSSR count). The Labute approximate surface area is 157 Å². The van der Waals surface area contributed by atoms with Gasteiger partial charge in [-0.15, -0.1) is 0 Å². The number of anilines is 1. The van der Waals surface area contributed by atoms with Crippen molar-refractivity contribution in [3.63, 3.8) is 0 Å². The molecule has 1 aliphatic heterocycles. The van der Waals surface area contributed by atoms with E-state index in [2.05, 4.69) is 20.3 Å². The number of hydrogen-bond acceptors (Lipinski definition) is 4. The Morgan fingerprint density at radius 2 is 2.04 bits per heavy atom. The molecule has 3 heterocycles. The van der Waals surface area contributed by atoms with Gasteiger partial charge in [0, 0.05) is 36.7 Å². The lowest BCUT2D eigenvalue weighted by Gasteiger charge is -2.35. The van der Waals surface area contributed by atoms with Crippen LogP contribution in [-0.2, 0) is 6.42 Å². The summed E-state index contributed by atoms with van der Waals surface area (Å²) in [6.07, 6.45) is 5.90. The minimum absolute atomic E-state index is 0.158. The number of fused-ring (bicyclic) bond motifs is 1. The second-order valence-electron chi connectivity index (χ2n) is 6.28. The van der Waals surface area contributed by atoms with E-state index in [1.54, 1.807) is 18.7 Å². The monoisotopic (exact) mass is 363 g/mol. The fourth-order valence-corrected chi connectivity index (χ4v) is 3.38. The average Bonchev–Trinajstić information content (AvgIpc) is 3.18. The second kappa shape index (κ2) is 7.49. The standard InChI is InChI=1S/C20H21N5O2/c1-2-27-16-5-3-15(4-6-16)24-20(26)25-12-9-17-18(23-13-22-17)19(25)14-7-10-21-11-8-14/h3-8,10-11,13,19H,2,9,12H2,1H3,(H,22,23)(H,24,26)/t19-/m1/s1. The summed E-state index contributed by atoms with van der Waals surface area (Å²) in [6.45, 7) is 3.15. The topological polar surface area (TPSA) is 83.1 Å². The number of aromatic nitrogens is 3. The number of pyridine rings is 1. The molecule has 0 unspecified atom stereocenters. The Morgan fingerprint density at radius 3 is 2.78 bits per heavy atom. The van der Waals surface area contributed by atoms with Crippen LogP contribution in [0.3, 0.4) is 0 Å². The number of nitrogens with zero attached hydrogens (tertiary/aromatic N) is 3. The van der Waals surface area contributed by atoms with Crippen molar-refractivity contribution < 1.29 is 9.53 Å². The van der Waals surface area contributed by atoms with Crippen LogP contribution >= 0.6 is 0 Å². The first-order valence-corrected chi connectivity index (χ1v) is 8.99. The summed E-state index contributed by atoms with van der Waals surface area (Å²) in [5, 5.41) is 2.98. The SMILES string of the molecule is CCOc1ccc(NC(=O)N2CCc3[nH]cnc3[C@H]2c2ccncc2)cc1. The van der Waals surface area contributed by atoms with Gasteiger partial charge in [0.25, 0.3) is 0 Å². The van der Waals surface area contributed by atoms with E-state index in [-0.39, 0.29) is 12.1 Å². The Hall–Kier alpha value is -3.35. The third-order valence-electron chi connectivity index (χ3n) is 4.62. The lowest BCUT2D eigenvalue weighted by Crippen LogP contribution is -2.43. The van der Waals surface area contributed by atoms with Gasteiger partial charge in [-0.1, -0.05) is 0 Å². The van der Waals surface area contributed by atoms with Crippen LogP contribution in [0.2, 0.25) is 0 Å². The van der Waals surface area contributed by atoms with Gasteiger partial charge in [0.05, 0.1) is 18.6 Å². The highest BCUT2D eigenvalue weighted by Crippen LogP contribution is 2.33. The molecule has 27 heavy (non-hydrogen) atoms. The van der Waals surface area contributed by atoms with Gasteiger partial charge < -0.3 is 19.9 Å². The number of imidazole rings is 1. The molecule has 7 nitrogen and oxygen atoms in total. The van der Waals surface area contributed by atoms with Gasteiger partial charge in [-0.05, 0) is 48.9 Å². The maximum atomic E-state index is 13.0. The highest BCUT2D eigenvalue weighted by atomic mass is 16.5. The number of carbonyl (C=O) groups excluding carboxylic acids is 1. The summed E-state index contributed by atoms with van der Waals surface area (Å²) in [4.78, 5) is 26.6. The van der Waals surface area contributed by atoms with Crippen LogP contribution in [0, 0.1) is 0 Å². The van der Waals surface area contributed by atoms with Gasteiger partial charge in [0.2, 0.25) is 0 Å². The van der Waals surface area contributed by atoms with Crippen molar-refractivity contribution in [2.75, 3.05) is 18.5 Å². The molecule has 0 spiro atoms. The summed E-state index contributed by atoms with van der Waals surface area (Å²) in [5.41, 5.74) is 3.67. The van der Waals surface area contributed by atoms with Crippen LogP contribution in [0.4, 0.5) is 10.5 Å². The van der Waals surface area contributed by atoms with E-state index in [9.17, 15) is 4.79 Å². The predicted molar refractivity (Wildman–Crippen MR) is 102 cm³/mol. The number of hydrogen-bond donors (Lipinski definition) is 2. The van der Waals surface area contributed by atoms with Crippen LogP contribution in [0.5, 0.6) is 5.75 Å². The van der Waals surface area contributed by atoms with Crippen LogP contribution < -0.4 is 10.1 Å². The number of benzene rings is 1. The van der Waals surface area contributed by atoms with E-state index >= 15 is 0 Å². The van der Waals surface area contributed by atoms with Gasteiger partial charge in [0.15, 0.2) is 0 Å². The zero-order valence-electron chi connectivity index (χ0n) is 15.1. The van der Waals surface area contributed by atoms with E-state index in [0.29, 0.717) is 13.2 Å². The molecular formula is C20H21N5O2. The maximum absolute atomic E-state index is 13.0. The van der Waals surface area contributed by atoms with Crippen LogP contribution in [0.1, 0.15) is 29.9 Å². The van der Waals surface area contributed by atoms with Crippen LogP contribution in [-0.4, -0.2) is 39.0 Å². The summed E-state index contributed by atoms with van der Waals surface area (Å²) < 4.78 is 5.45.